The molecule has 1 aromatic heterocycles. The van der Waals surface area contributed by atoms with Gasteiger partial charge in [0.15, 0.2) is 0 Å². The normalized spacial score (nSPS) is 10.3. The molecule has 0 aliphatic heterocycles. The molecule has 2 N–H and O–H groups in total. The molecule has 0 fully saturated rings. The van der Waals surface area contributed by atoms with Gasteiger partial charge in [-0.25, -0.2) is 0 Å². The third-order valence-corrected chi connectivity index (χ3v) is 2.49. The number of hydrogen-bond acceptors (Lipinski definition) is 4. The third kappa shape index (κ3) is 5.09. The maximum absolute atomic E-state index is 11.8. The molecule has 1 rings (SSSR count). The highest BCUT2D eigenvalue weighted by Gasteiger charge is 2.12. The van der Waals surface area contributed by atoms with E-state index in [-0.39, 0.29) is 18.4 Å². The number of aromatic nitrogens is 2. The lowest BCUT2D eigenvalue weighted by molar-refractivity contribution is -0.120. The van der Waals surface area contributed by atoms with Gasteiger partial charge >= 0.3 is 0 Å². The van der Waals surface area contributed by atoms with Gasteiger partial charge in [-0.1, -0.05) is 0 Å². The van der Waals surface area contributed by atoms with Gasteiger partial charge in [0.2, 0.25) is 5.91 Å². The van der Waals surface area contributed by atoms with Gasteiger partial charge in [0.25, 0.3) is 5.91 Å². The lowest BCUT2D eigenvalue weighted by atomic mass is 10.3. The van der Waals surface area contributed by atoms with E-state index in [2.05, 4.69) is 15.7 Å². The van der Waals surface area contributed by atoms with E-state index in [0.29, 0.717) is 18.8 Å². The Bertz CT molecular complexity index is 442. The van der Waals surface area contributed by atoms with Crippen molar-refractivity contribution in [2.24, 2.45) is 7.05 Å². The van der Waals surface area contributed by atoms with Crippen LogP contribution in [0.15, 0.2) is 6.07 Å². The topological polar surface area (TPSA) is 85.2 Å². The minimum atomic E-state index is -0.310. The summed E-state index contributed by atoms with van der Waals surface area (Å²) in [6, 6.07) is 1.67. The summed E-state index contributed by atoms with van der Waals surface area (Å²) in [6.45, 7) is 2.89. The average molecular weight is 268 g/mol. The van der Waals surface area contributed by atoms with Crippen LogP contribution in [0.3, 0.4) is 0 Å². The summed E-state index contributed by atoms with van der Waals surface area (Å²) in [6.07, 6.45) is 0.747. The number of carbonyl (C=O) groups excluding carboxylic acids is 2. The average Bonchev–Trinajstić information content (AvgIpc) is 2.71. The van der Waals surface area contributed by atoms with Crippen LogP contribution in [0.1, 0.15) is 22.6 Å². The Kier molecular flexibility index (Phi) is 6.01. The molecule has 106 valence electrons. The van der Waals surface area contributed by atoms with Crippen LogP contribution in [0.4, 0.5) is 0 Å². The molecule has 0 aliphatic carbocycles. The van der Waals surface area contributed by atoms with Gasteiger partial charge in [-0.2, -0.15) is 5.10 Å². The molecule has 0 bridgehead atoms. The molecule has 1 aromatic rings. The molecule has 19 heavy (non-hydrogen) atoms. The second-order valence-corrected chi connectivity index (χ2v) is 4.17. The Morgan fingerprint density at radius 2 is 2.16 bits per heavy atom. The molecule has 0 unspecified atom stereocenters. The van der Waals surface area contributed by atoms with Gasteiger partial charge in [-0.3, -0.25) is 14.3 Å². The molecule has 0 aliphatic rings. The zero-order valence-corrected chi connectivity index (χ0v) is 11.5. The van der Waals surface area contributed by atoms with Crippen LogP contribution in [0.25, 0.3) is 0 Å². The summed E-state index contributed by atoms with van der Waals surface area (Å²) in [5, 5.41) is 9.31. The fourth-order valence-electron chi connectivity index (χ4n) is 1.58. The lowest BCUT2D eigenvalue weighted by Crippen LogP contribution is -2.38. The minimum Gasteiger partial charge on any atom is -0.385 e. The first-order chi connectivity index (χ1) is 9.04. The molecule has 7 nitrogen and oxygen atoms in total. The number of carbonyl (C=O) groups is 2. The Balaban J connectivity index is 2.30. The molecule has 0 spiro atoms. The molecular weight excluding hydrogens is 248 g/mol. The first-order valence-corrected chi connectivity index (χ1v) is 6.09. The molecule has 1 heterocycles. The zero-order chi connectivity index (χ0) is 14.3. The fraction of sp³-hybridized carbons (Fsp3) is 0.583. The zero-order valence-electron chi connectivity index (χ0n) is 11.5. The van der Waals surface area contributed by atoms with Crippen molar-refractivity contribution in [3.05, 3.63) is 17.5 Å². The lowest BCUT2D eigenvalue weighted by Gasteiger charge is -2.06. The van der Waals surface area contributed by atoms with Crippen molar-refractivity contribution in [2.45, 2.75) is 13.3 Å². The van der Waals surface area contributed by atoms with E-state index in [0.717, 1.165) is 12.1 Å². The molecular formula is C12H20N4O3. The number of aryl methyl sites for hydroxylation is 2. The number of hydrogen-bond donors (Lipinski definition) is 2. The Hall–Kier alpha value is -1.89. The second-order valence-electron chi connectivity index (χ2n) is 4.17. The number of nitrogens with zero attached hydrogens (tertiary/aromatic N) is 2. The third-order valence-electron chi connectivity index (χ3n) is 2.49. The van der Waals surface area contributed by atoms with Crippen LogP contribution >= 0.6 is 0 Å². The van der Waals surface area contributed by atoms with Crippen LogP contribution in [-0.2, 0) is 16.6 Å². The summed E-state index contributed by atoms with van der Waals surface area (Å²) < 4.78 is 6.35. The van der Waals surface area contributed by atoms with Gasteiger partial charge in [-0.05, 0) is 19.4 Å². The van der Waals surface area contributed by atoms with Crippen molar-refractivity contribution in [2.75, 3.05) is 26.8 Å². The predicted octanol–water partition coefficient (Wildman–Crippen LogP) is -0.389. The maximum Gasteiger partial charge on any atom is 0.269 e. The number of amides is 2. The minimum absolute atomic E-state index is 0.0456. The van der Waals surface area contributed by atoms with E-state index in [1.54, 1.807) is 27.1 Å². The summed E-state index contributed by atoms with van der Waals surface area (Å²) in [5.41, 5.74) is 1.20. The molecule has 0 radical (unpaired) electrons. The van der Waals surface area contributed by atoms with E-state index in [1.165, 1.54) is 4.68 Å². The van der Waals surface area contributed by atoms with Crippen LogP contribution < -0.4 is 10.6 Å². The van der Waals surface area contributed by atoms with Gasteiger partial charge < -0.3 is 15.4 Å². The number of rotatable bonds is 7. The van der Waals surface area contributed by atoms with Crippen molar-refractivity contribution in [3.8, 4) is 0 Å². The van der Waals surface area contributed by atoms with Crippen LogP contribution in [0, 0.1) is 6.92 Å². The smallest absolute Gasteiger partial charge is 0.269 e. The molecule has 0 saturated carbocycles. The maximum atomic E-state index is 11.8. The first-order valence-electron chi connectivity index (χ1n) is 6.09. The van der Waals surface area contributed by atoms with E-state index < -0.39 is 0 Å². The fourth-order valence-corrected chi connectivity index (χ4v) is 1.58. The number of nitrogens with one attached hydrogen (secondary N) is 2. The highest BCUT2D eigenvalue weighted by molar-refractivity contribution is 5.95. The Morgan fingerprint density at radius 1 is 1.42 bits per heavy atom. The SMILES string of the molecule is COCCCNC(=O)CNC(=O)c1cc(C)nn1C. The van der Waals surface area contributed by atoms with Crippen LogP contribution in [0.5, 0.6) is 0 Å². The molecule has 0 saturated heterocycles. The van der Waals surface area contributed by atoms with Crippen molar-refractivity contribution >= 4 is 11.8 Å². The van der Waals surface area contributed by atoms with Gasteiger partial charge in [0.05, 0.1) is 12.2 Å². The summed E-state index contributed by atoms with van der Waals surface area (Å²) in [4.78, 5) is 23.2. The van der Waals surface area contributed by atoms with Crippen molar-refractivity contribution < 1.29 is 14.3 Å². The second kappa shape index (κ2) is 7.52. The first kappa shape index (κ1) is 15.2. The summed E-state index contributed by atoms with van der Waals surface area (Å²) in [5.74, 6) is -0.529. The highest BCUT2D eigenvalue weighted by atomic mass is 16.5. The van der Waals surface area contributed by atoms with E-state index in [1.807, 2.05) is 0 Å². The highest BCUT2D eigenvalue weighted by Crippen LogP contribution is 2.00. The van der Waals surface area contributed by atoms with Crippen LogP contribution in [-0.4, -0.2) is 48.4 Å². The molecule has 0 aromatic carbocycles. The Morgan fingerprint density at radius 3 is 2.74 bits per heavy atom. The van der Waals surface area contributed by atoms with Crippen molar-refractivity contribution in [3.63, 3.8) is 0 Å². The quantitative estimate of drug-likeness (QED) is 0.660. The van der Waals surface area contributed by atoms with Gasteiger partial charge in [-0.15, -0.1) is 0 Å². The van der Waals surface area contributed by atoms with Crippen LogP contribution in [0.2, 0.25) is 0 Å². The summed E-state index contributed by atoms with van der Waals surface area (Å²) >= 11 is 0. The molecule has 0 atom stereocenters. The van der Waals surface area contributed by atoms with Crippen molar-refractivity contribution in [1.82, 2.24) is 20.4 Å². The summed E-state index contributed by atoms with van der Waals surface area (Å²) in [7, 11) is 3.30. The van der Waals surface area contributed by atoms with E-state index in [9.17, 15) is 9.59 Å². The van der Waals surface area contributed by atoms with Gasteiger partial charge in [0.1, 0.15) is 5.69 Å². The van der Waals surface area contributed by atoms with Crippen molar-refractivity contribution in [1.29, 1.82) is 0 Å². The van der Waals surface area contributed by atoms with E-state index in [4.69, 9.17) is 4.74 Å². The monoisotopic (exact) mass is 268 g/mol. The predicted molar refractivity (Wildman–Crippen MR) is 69.8 cm³/mol. The number of methoxy groups -OCH3 is 1. The standard InChI is InChI=1S/C12H20N4O3/c1-9-7-10(16(2)15-9)12(18)14-8-11(17)13-5-4-6-19-3/h7H,4-6,8H2,1-3H3,(H,13,17)(H,14,18). The van der Waals surface area contributed by atoms with Gasteiger partial charge in [0, 0.05) is 27.3 Å². The molecule has 2 amide bonds. The molecule has 7 heteroatoms. The number of ether oxygens (including phenoxy) is 1. The Labute approximate surface area is 112 Å². The van der Waals surface area contributed by atoms with E-state index >= 15 is 0 Å². The largest absolute Gasteiger partial charge is 0.385 e.